The van der Waals surface area contributed by atoms with Crippen molar-refractivity contribution in [1.82, 2.24) is 9.88 Å². The van der Waals surface area contributed by atoms with Gasteiger partial charge in [-0.3, -0.25) is 19.4 Å². The van der Waals surface area contributed by atoms with Crippen LogP contribution in [0.25, 0.3) is 6.08 Å². The fourth-order valence-corrected chi connectivity index (χ4v) is 5.07. The Hall–Kier alpha value is -3.36. The molecule has 6 nitrogen and oxygen atoms in total. The summed E-state index contributed by atoms with van der Waals surface area (Å²) >= 11 is 1.20. The van der Waals surface area contributed by atoms with E-state index in [1.807, 2.05) is 24.3 Å². The van der Waals surface area contributed by atoms with Crippen molar-refractivity contribution >= 4 is 45.7 Å². The molecule has 0 aliphatic carbocycles. The Morgan fingerprint density at radius 2 is 2.00 bits per heavy atom. The van der Waals surface area contributed by atoms with Gasteiger partial charge in [-0.15, -0.1) is 11.3 Å². The first-order valence-corrected chi connectivity index (χ1v) is 12.6. The second-order valence-corrected chi connectivity index (χ2v) is 9.70. The largest absolute Gasteiger partial charge is 0.323 e. The maximum Gasteiger partial charge on any atom is 0.248 e. The molecule has 4 rings (SSSR count). The van der Waals surface area contributed by atoms with Crippen LogP contribution in [0.1, 0.15) is 37.9 Å². The lowest BCUT2D eigenvalue weighted by Gasteiger charge is -2.30. The topological polar surface area (TPSA) is 65.5 Å². The molecule has 35 heavy (non-hydrogen) atoms. The Morgan fingerprint density at radius 3 is 2.71 bits per heavy atom. The number of hydrogen-bond acceptors (Lipinski definition) is 5. The van der Waals surface area contributed by atoms with Crippen LogP contribution in [-0.4, -0.2) is 34.8 Å². The number of amides is 2. The molecule has 1 unspecified atom stereocenters. The van der Waals surface area contributed by atoms with Gasteiger partial charge in [0.05, 0.1) is 11.4 Å². The van der Waals surface area contributed by atoms with Crippen molar-refractivity contribution in [2.24, 2.45) is 5.92 Å². The quantitative estimate of drug-likeness (QED) is 0.420. The summed E-state index contributed by atoms with van der Waals surface area (Å²) in [6.07, 6.45) is 5.51. The highest BCUT2D eigenvalue weighted by Crippen LogP contribution is 2.31. The van der Waals surface area contributed by atoms with E-state index >= 15 is 0 Å². The molecule has 3 aromatic rings. The summed E-state index contributed by atoms with van der Waals surface area (Å²) in [5, 5.41) is 4.90. The molecule has 1 saturated heterocycles. The van der Waals surface area contributed by atoms with E-state index in [2.05, 4.69) is 22.1 Å². The van der Waals surface area contributed by atoms with Crippen LogP contribution in [0.15, 0.2) is 60.0 Å². The summed E-state index contributed by atoms with van der Waals surface area (Å²) in [7, 11) is 0. The maximum absolute atomic E-state index is 14.2. The predicted octanol–water partition coefficient (Wildman–Crippen LogP) is 5.85. The van der Waals surface area contributed by atoms with Gasteiger partial charge in [-0.05, 0) is 61.2 Å². The van der Waals surface area contributed by atoms with Gasteiger partial charge in [0.25, 0.3) is 0 Å². The lowest BCUT2D eigenvalue weighted by molar-refractivity contribution is -0.116. The molecule has 0 saturated carbocycles. The number of halogens is 1. The Labute approximate surface area is 209 Å². The molecule has 8 heteroatoms. The molecule has 2 aromatic carbocycles. The van der Waals surface area contributed by atoms with Crippen LogP contribution in [0.2, 0.25) is 0 Å². The number of hydrogen-bond donors (Lipinski definition) is 1. The van der Waals surface area contributed by atoms with Crippen LogP contribution in [0.4, 0.5) is 20.9 Å². The molecule has 182 valence electrons. The van der Waals surface area contributed by atoms with E-state index in [0.29, 0.717) is 10.8 Å². The van der Waals surface area contributed by atoms with E-state index in [-0.39, 0.29) is 17.5 Å². The number of carbonyl (C=O) groups is 2. The monoisotopic (exact) mass is 492 g/mol. The highest BCUT2D eigenvalue weighted by Gasteiger charge is 2.20. The number of nitrogens with one attached hydrogen (secondary N) is 1. The minimum atomic E-state index is -0.508. The SMILES string of the molecule is CC(=O)N(c1nc(/C=C/C(=O)Nc2ccc(CN3CCCC(C)C3)cc2)cs1)c1ccccc1F. The number of rotatable bonds is 7. The summed E-state index contributed by atoms with van der Waals surface area (Å²) in [6, 6.07) is 14.0. The third-order valence-electron chi connectivity index (χ3n) is 5.88. The lowest BCUT2D eigenvalue weighted by Crippen LogP contribution is -2.33. The van der Waals surface area contributed by atoms with E-state index in [1.54, 1.807) is 23.6 Å². The number of anilines is 3. The molecule has 1 aliphatic heterocycles. The van der Waals surface area contributed by atoms with Crippen LogP contribution >= 0.6 is 11.3 Å². The molecule has 0 radical (unpaired) electrons. The van der Waals surface area contributed by atoms with Gasteiger partial charge in [0.2, 0.25) is 11.8 Å². The van der Waals surface area contributed by atoms with Crippen molar-refractivity contribution in [3.05, 3.63) is 77.1 Å². The zero-order chi connectivity index (χ0) is 24.8. The molecule has 2 amide bonds. The second-order valence-electron chi connectivity index (χ2n) is 8.86. The van der Waals surface area contributed by atoms with Gasteiger partial charge in [0.15, 0.2) is 5.13 Å². The number of para-hydroxylation sites is 1. The van der Waals surface area contributed by atoms with Gasteiger partial charge >= 0.3 is 0 Å². The van der Waals surface area contributed by atoms with E-state index in [9.17, 15) is 14.0 Å². The lowest BCUT2D eigenvalue weighted by atomic mass is 10.00. The number of carbonyl (C=O) groups excluding carboxylic acids is 2. The van der Waals surface area contributed by atoms with Crippen molar-refractivity contribution in [2.75, 3.05) is 23.3 Å². The van der Waals surface area contributed by atoms with Crippen molar-refractivity contribution in [3.8, 4) is 0 Å². The molecular formula is C27H29FN4O2S. The van der Waals surface area contributed by atoms with E-state index in [1.165, 1.54) is 59.8 Å². The van der Waals surface area contributed by atoms with Gasteiger partial charge in [-0.2, -0.15) is 0 Å². The predicted molar refractivity (Wildman–Crippen MR) is 139 cm³/mol. The van der Waals surface area contributed by atoms with Gasteiger partial charge in [0.1, 0.15) is 5.82 Å². The number of piperidine rings is 1. The first-order valence-electron chi connectivity index (χ1n) is 11.7. The number of nitrogens with zero attached hydrogens (tertiary/aromatic N) is 3. The van der Waals surface area contributed by atoms with E-state index in [4.69, 9.17) is 0 Å². The Morgan fingerprint density at radius 1 is 1.23 bits per heavy atom. The number of thiazole rings is 1. The second kappa shape index (κ2) is 11.4. The number of likely N-dealkylation sites (tertiary alicyclic amines) is 1. The Kier molecular flexibility index (Phi) is 8.05. The van der Waals surface area contributed by atoms with Crippen LogP contribution in [-0.2, 0) is 16.1 Å². The highest BCUT2D eigenvalue weighted by atomic mass is 32.1. The fraction of sp³-hybridized carbons (Fsp3) is 0.296. The Bertz CT molecular complexity index is 1210. The molecule has 1 atom stereocenters. The average Bonchev–Trinajstić information content (AvgIpc) is 3.29. The summed E-state index contributed by atoms with van der Waals surface area (Å²) < 4.78 is 14.2. The third-order valence-corrected chi connectivity index (χ3v) is 6.73. The van der Waals surface area contributed by atoms with Crippen molar-refractivity contribution < 1.29 is 14.0 Å². The van der Waals surface area contributed by atoms with Crippen molar-refractivity contribution in [2.45, 2.75) is 33.2 Å². The third kappa shape index (κ3) is 6.61. The normalized spacial score (nSPS) is 16.4. The minimum absolute atomic E-state index is 0.140. The summed E-state index contributed by atoms with van der Waals surface area (Å²) in [4.78, 5) is 32.7. The zero-order valence-electron chi connectivity index (χ0n) is 19.9. The molecule has 0 spiro atoms. The van der Waals surface area contributed by atoms with Crippen molar-refractivity contribution in [3.63, 3.8) is 0 Å². The molecule has 2 heterocycles. The summed E-state index contributed by atoms with van der Waals surface area (Å²) in [5.41, 5.74) is 2.60. The van der Waals surface area contributed by atoms with Crippen LogP contribution in [0.5, 0.6) is 0 Å². The first kappa shape index (κ1) is 24.8. The van der Waals surface area contributed by atoms with Gasteiger partial charge in [-0.1, -0.05) is 31.2 Å². The molecule has 1 fully saturated rings. The van der Waals surface area contributed by atoms with Crippen LogP contribution in [0.3, 0.4) is 0 Å². The zero-order valence-corrected chi connectivity index (χ0v) is 20.7. The summed E-state index contributed by atoms with van der Waals surface area (Å²) in [6.45, 7) is 6.85. The molecule has 0 bridgehead atoms. The highest BCUT2D eigenvalue weighted by molar-refractivity contribution is 7.14. The van der Waals surface area contributed by atoms with Gasteiger partial charge in [-0.25, -0.2) is 9.37 Å². The molecule has 1 N–H and O–H groups in total. The molecule has 1 aromatic heterocycles. The summed E-state index contributed by atoms with van der Waals surface area (Å²) in [5.74, 6) is -0.399. The number of benzene rings is 2. The Balaban J connectivity index is 1.35. The number of aromatic nitrogens is 1. The van der Waals surface area contributed by atoms with Crippen molar-refractivity contribution in [1.29, 1.82) is 0 Å². The minimum Gasteiger partial charge on any atom is -0.323 e. The van der Waals surface area contributed by atoms with Crippen LogP contribution in [0, 0.1) is 11.7 Å². The van der Waals surface area contributed by atoms with Crippen LogP contribution < -0.4 is 10.2 Å². The maximum atomic E-state index is 14.2. The molecule has 1 aliphatic rings. The van der Waals surface area contributed by atoms with Gasteiger partial charge < -0.3 is 5.32 Å². The fourth-order valence-electron chi connectivity index (χ4n) is 4.22. The van der Waals surface area contributed by atoms with E-state index in [0.717, 1.165) is 31.2 Å². The van der Waals surface area contributed by atoms with Gasteiger partial charge in [0, 0.05) is 37.2 Å². The standard InChI is InChI=1S/C27H29FN4O2S/c1-19-6-5-15-31(16-19)17-21-9-11-22(12-10-21)29-26(34)14-13-23-18-35-27(30-23)32(20(2)33)25-8-4-3-7-24(25)28/h3-4,7-14,18-19H,5-6,15-17H2,1-2H3,(H,29,34)/b14-13+. The molecular weight excluding hydrogens is 463 g/mol. The van der Waals surface area contributed by atoms with E-state index < -0.39 is 5.82 Å². The smallest absolute Gasteiger partial charge is 0.248 e. The first-order chi connectivity index (χ1) is 16.9. The average molecular weight is 493 g/mol.